The predicted molar refractivity (Wildman–Crippen MR) is 128 cm³/mol. The summed E-state index contributed by atoms with van der Waals surface area (Å²) in [5, 5.41) is 20.1. The van der Waals surface area contributed by atoms with Crippen LogP contribution < -0.4 is 32.7 Å². The van der Waals surface area contributed by atoms with E-state index >= 15 is 0 Å². The highest BCUT2D eigenvalue weighted by molar-refractivity contribution is 7.80. The number of rotatable bonds is 14. The highest BCUT2D eigenvalue weighted by atomic mass is 32.1. The van der Waals surface area contributed by atoms with Gasteiger partial charge in [0.2, 0.25) is 17.7 Å². The molecule has 1 aliphatic heterocycles. The minimum absolute atomic E-state index is 0.0962. The van der Waals surface area contributed by atoms with E-state index in [4.69, 9.17) is 11.5 Å². The fourth-order valence-corrected chi connectivity index (χ4v) is 3.60. The molecule has 1 heterocycles. The van der Waals surface area contributed by atoms with Crippen LogP contribution in [0.15, 0.2) is 4.99 Å². The van der Waals surface area contributed by atoms with Crippen molar-refractivity contribution < 1.29 is 24.3 Å². The normalized spacial score (nSPS) is 18.9. The van der Waals surface area contributed by atoms with Crippen LogP contribution >= 0.6 is 12.6 Å². The van der Waals surface area contributed by atoms with E-state index in [2.05, 4.69) is 38.9 Å². The van der Waals surface area contributed by atoms with Crippen LogP contribution in [0.25, 0.3) is 0 Å². The predicted octanol–water partition coefficient (Wildman–Crippen LogP) is -1.69. The first-order chi connectivity index (χ1) is 15.6. The van der Waals surface area contributed by atoms with Crippen molar-refractivity contribution in [3.63, 3.8) is 0 Å². The summed E-state index contributed by atoms with van der Waals surface area (Å²) in [6.45, 7) is 4.71. The third-order valence-corrected chi connectivity index (χ3v) is 5.91. The maximum atomic E-state index is 13.1. The zero-order chi connectivity index (χ0) is 25.0. The van der Waals surface area contributed by atoms with Crippen molar-refractivity contribution >= 4 is 42.3 Å². The van der Waals surface area contributed by atoms with Crippen LogP contribution in [0.5, 0.6) is 0 Å². The van der Waals surface area contributed by atoms with E-state index in [0.29, 0.717) is 19.3 Å². The minimum Gasteiger partial charge on any atom is -0.480 e. The van der Waals surface area contributed by atoms with Gasteiger partial charge in [0.15, 0.2) is 5.96 Å². The molecule has 1 fully saturated rings. The molecule has 1 saturated heterocycles. The number of nitrogens with zero attached hydrogens (tertiary/aromatic N) is 1. The topological polar surface area (TPSA) is 201 Å². The third-order valence-electron chi connectivity index (χ3n) is 5.55. The van der Waals surface area contributed by atoms with Gasteiger partial charge in [0.25, 0.3) is 0 Å². The lowest BCUT2D eigenvalue weighted by atomic mass is 9.97. The number of hydrogen-bond donors (Lipinski definition) is 8. The summed E-state index contributed by atoms with van der Waals surface area (Å²) in [5.74, 6) is -3.08. The van der Waals surface area contributed by atoms with E-state index < -0.39 is 35.9 Å². The van der Waals surface area contributed by atoms with Gasteiger partial charge in [-0.3, -0.25) is 19.4 Å². The van der Waals surface area contributed by atoms with Crippen molar-refractivity contribution in [3.05, 3.63) is 0 Å². The Morgan fingerprint density at radius 3 is 2.33 bits per heavy atom. The second-order valence-corrected chi connectivity index (χ2v) is 8.48. The number of carbonyl (C=O) groups is 4. The number of guanidine groups is 1. The van der Waals surface area contributed by atoms with Crippen molar-refractivity contribution in [1.82, 2.24) is 21.3 Å². The van der Waals surface area contributed by atoms with E-state index in [0.717, 1.165) is 13.0 Å². The summed E-state index contributed by atoms with van der Waals surface area (Å²) < 4.78 is 0. The monoisotopic (exact) mass is 487 g/mol. The van der Waals surface area contributed by atoms with Gasteiger partial charge >= 0.3 is 5.97 Å². The van der Waals surface area contributed by atoms with Crippen LogP contribution in [0, 0.1) is 5.92 Å². The van der Waals surface area contributed by atoms with Gasteiger partial charge in [-0.2, -0.15) is 12.6 Å². The molecule has 9 N–H and O–H groups in total. The number of nitrogens with two attached hydrogens (primary N) is 2. The number of aliphatic imine (C=N–C) groups is 1. The number of nitrogens with one attached hydrogen (secondary N) is 4. The lowest BCUT2D eigenvalue weighted by Crippen LogP contribution is -2.58. The lowest BCUT2D eigenvalue weighted by Gasteiger charge is -2.28. The van der Waals surface area contributed by atoms with Crippen molar-refractivity contribution in [2.24, 2.45) is 22.4 Å². The van der Waals surface area contributed by atoms with Gasteiger partial charge in [-0.05, 0) is 38.1 Å². The molecule has 13 heteroatoms. The van der Waals surface area contributed by atoms with E-state index in [1.807, 2.05) is 13.8 Å². The lowest BCUT2D eigenvalue weighted by molar-refractivity contribution is -0.141. The zero-order valence-electron chi connectivity index (χ0n) is 19.2. The second kappa shape index (κ2) is 14.6. The first-order valence-electron chi connectivity index (χ1n) is 11.1. The Morgan fingerprint density at radius 2 is 1.82 bits per heavy atom. The maximum Gasteiger partial charge on any atom is 0.327 e. The molecule has 0 aromatic heterocycles. The van der Waals surface area contributed by atoms with Crippen LogP contribution in [0.2, 0.25) is 0 Å². The number of carbonyl (C=O) groups excluding carboxylic acids is 3. The summed E-state index contributed by atoms with van der Waals surface area (Å²) in [4.78, 5) is 53.6. The van der Waals surface area contributed by atoms with Crippen molar-refractivity contribution in [1.29, 1.82) is 0 Å². The van der Waals surface area contributed by atoms with E-state index in [-0.39, 0.29) is 42.5 Å². The smallest absolute Gasteiger partial charge is 0.327 e. The van der Waals surface area contributed by atoms with Gasteiger partial charge in [0, 0.05) is 12.3 Å². The van der Waals surface area contributed by atoms with E-state index in [9.17, 15) is 24.3 Å². The highest BCUT2D eigenvalue weighted by Gasteiger charge is 2.33. The number of aliphatic carboxylic acids is 1. The third kappa shape index (κ3) is 9.86. The van der Waals surface area contributed by atoms with Gasteiger partial charge in [0.1, 0.15) is 18.1 Å². The standard InChI is InChI=1S/C20H37N7O5S/c1-3-11(2)15(27-16(28)12-6-4-8-23-12)18(30)25-13(7-5-9-24-20(21)22)17(29)26-14(10-33)19(31)32/h11-15,23,33H,3-10H2,1-2H3,(H,25,30)(H,26,29)(H,27,28)(H,31,32)(H4,21,22,24). The quantitative estimate of drug-likeness (QED) is 0.0613. The Morgan fingerprint density at radius 1 is 1.15 bits per heavy atom. The minimum atomic E-state index is -1.24. The SMILES string of the molecule is CCC(C)C(NC(=O)C1CCCN1)C(=O)NC(CCCN=C(N)N)C(=O)NC(CS)C(=O)O. The molecule has 188 valence electrons. The van der Waals surface area contributed by atoms with E-state index in [1.54, 1.807) is 0 Å². The molecular weight excluding hydrogens is 450 g/mol. The summed E-state index contributed by atoms with van der Waals surface area (Å²) >= 11 is 3.95. The molecule has 0 aromatic rings. The van der Waals surface area contributed by atoms with Gasteiger partial charge in [0.05, 0.1) is 6.04 Å². The van der Waals surface area contributed by atoms with Crippen LogP contribution in [-0.2, 0) is 19.2 Å². The molecule has 0 radical (unpaired) electrons. The molecule has 5 atom stereocenters. The Hall–Kier alpha value is -2.54. The molecule has 33 heavy (non-hydrogen) atoms. The fourth-order valence-electron chi connectivity index (χ4n) is 3.36. The average Bonchev–Trinajstić information content (AvgIpc) is 3.31. The number of carboxylic acids is 1. The first kappa shape index (κ1) is 28.5. The molecule has 1 aliphatic rings. The zero-order valence-corrected chi connectivity index (χ0v) is 20.1. The molecule has 1 rings (SSSR count). The Kier molecular flexibility index (Phi) is 12.6. The van der Waals surface area contributed by atoms with Crippen molar-refractivity contribution in [3.8, 4) is 0 Å². The number of hydrogen-bond acceptors (Lipinski definition) is 7. The van der Waals surface area contributed by atoms with Gasteiger partial charge < -0.3 is 37.8 Å². The highest BCUT2D eigenvalue weighted by Crippen LogP contribution is 2.12. The first-order valence-corrected chi connectivity index (χ1v) is 11.8. The molecule has 3 amide bonds. The molecule has 5 unspecified atom stereocenters. The van der Waals surface area contributed by atoms with Crippen LogP contribution in [0.4, 0.5) is 0 Å². The van der Waals surface area contributed by atoms with Crippen molar-refractivity contribution in [2.45, 2.75) is 70.1 Å². The van der Waals surface area contributed by atoms with Gasteiger partial charge in [-0.1, -0.05) is 20.3 Å². The number of amides is 3. The molecule has 0 bridgehead atoms. The van der Waals surface area contributed by atoms with Crippen LogP contribution in [0.1, 0.15) is 46.0 Å². The summed E-state index contributed by atoms with van der Waals surface area (Å²) in [6, 6.07) is -3.45. The van der Waals surface area contributed by atoms with Crippen LogP contribution in [0.3, 0.4) is 0 Å². The largest absolute Gasteiger partial charge is 0.480 e. The summed E-state index contributed by atoms with van der Waals surface area (Å²) in [6.07, 6.45) is 2.72. The summed E-state index contributed by atoms with van der Waals surface area (Å²) in [5.41, 5.74) is 10.6. The second-order valence-electron chi connectivity index (χ2n) is 8.11. The molecule has 0 aliphatic carbocycles. The summed E-state index contributed by atoms with van der Waals surface area (Å²) in [7, 11) is 0. The number of thiol groups is 1. The Labute approximate surface area is 199 Å². The Balaban J connectivity index is 2.94. The molecule has 12 nitrogen and oxygen atoms in total. The van der Waals surface area contributed by atoms with Crippen LogP contribution in [-0.4, -0.2) is 77.8 Å². The molecule has 0 spiro atoms. The van der Waals surface area contributed by atoms with Gasteiger partial charge in [-0.15, -0.1) is 0 Å². The molecular formula is C20H37N7O5S. The molecule has 0 aromatic carbocycles. The van der Waals surface area contributed by atoms with Gasteiger partial charge in [-0.25, -0.2) is 4.79 Å². The maximum absolute atomic E-state index is 13.1. The fraction of sp³-hybridized carbons (Fsp3) is 0.750. The van der Waals surface area contributed by atoms with E-state index in [1.165, 1.54) is 0 Å². The van der Waals surface area contributed by atoms with Crippen molar-refractivity contribution in [2.75, 3.05) is 18.8 Å². The molecule has 0 saturated carbocycles. The number of carboxylic acid groups (broad SMARTS) is 1. The average molecular weight is 488 g/mol. The Bertz CT molecular complexity index is 711.